The summed E-state index contributed by atoms with van der Waals surface area (Å²) in [4.78, 5) is 16.4. The maximum absolute atomic E-state index is 12.2. The van der Waals surface area contributed by atoms with Gasteiger partial charge in [-0.1, -0.05) is 17.3 Å². The third kappa shape index (κ3) is 4.64. The second kappa shape index (κ2) is 8.05. The van der Waals surface area contributed by atoms with Crippen LogP contribution in [0.3, 0.4) is 0 Å². The first-order chi connectivity index (χ1) is 12.9. The number of ether oxygens (including phenoxy) is 2. The van der Waals surface area contributed by atoms with E-state index in [4.69, 9.17) is 14.0 Å². The number of hydrogen-bond donors (Lipinski definition) is 1. The number of nitrogens with one attached hydrogen (secondary N) is 1. The lowest BCUT2D eigenvalue weighted by Gasteiger charge is -2.17. The molecular formula is C17H21N3O6S. The second-order valence-electron chi connectivity index (χ2n) is 6.24. The van der Waals surface area contributed by atoms with Gasteiger partial charge >= 0.3 is 0 Å². The number of nitrogens with zero attached hydrogens (tertiary/aromatic N) is 2. The van der Waals surface area contributed by atoms with Crippen LogP contribution in [-0.4, -0.2) is 62.3 Å². The molecular weight excluding hydrogens is 374 g/mol. The van der Waals surface area contributed by atoms with E-state index >= 15 is 0 Å². The molecule has 10 heteroatoms. The third-order valence-corrected chi connectivity index (χ3v) is 6.03. The van der Waals surface area contributed by atoms with Crippen molar-refractivity contribution < 1.29 is 27.2 Å². The van der Waals surface area contributed by atoms with Crippen molar-refractivity contribution in [2.45, 2.75) is 25.0 Å². The van der Waals surface area contributed by atoms with Crippen molar-refractivity contribution in [3.05, 3.63) is 30.2 Å². The lowest BCUT2D eigenvalue weighted by molar-refractivity contribution is -0.122. The van der Waals surface area contributed by atoms with Crippen LogP contribution in [0, 0.1) is 0 Å². The quantitative estimate of drug-likeness (QED) is 0.724. The molecule has 0 saturated carbocycles. The predicted octanol–water partition coefficient (Wildman–Crippen LogP) is 0.606. The van der Waals surface area contributed by atoms with Gasteiger partial charge in [-0.05, 0) is 12.1 Å². The Bertz CT molecular complexity index is 911. The van der Waals surface area contributed by atoms with Crippen molar-refractivity contribution in [1.29, 1.82) is 0 Å². The summed E-state index contributed by atoms with van der Waals surface area (Å²) in [6.07, 6.45) is -0.189. The Morgan fingerprint density at radius 1 is 1.30 bits per heavy atom. The molecule has 1 saturated heterocycles. The molecule has 2 aromatic rings. The van der Waals surface area contributed by atoms with Crippen LogP contribution in [0.4, 0.5) is 0 Å². The summed E-state index contributed by atoms with van der Waals surface area (Å²) in [7, 11) is -0.207. The summed E-state index contributed by atoms with van der Waals surface area (Å²) in [5, 5.41) is 6.63. The van der Waals surface area contributed by atoms with Crippen LogP contribution in [0.25, 0.3) is 11.4 Å². The Kier molecular flexibility index (Phi) is 5.76. The number of rotatable bonds is 7. The first-order valence-corrected chi connectivity index (χ1v) is 10.2. The number of amides is 1. The van der Waals surface area contributed by atoms with E-state index in [1.165, 1.54) is 7.11 Å². The molecule has 146 valence electrons. The van der Waals surface area contributed by atoms with E-state index in [-0.39, 0.29) is 30.3 Å². The van der Waals surface area contributed by atoms with Gasteiger partial charge in [-0.25, -0.2) is 8.42 Å². The highest BCUT2D eigenvalue weighted by atomic mass is 32.2. The van der Waals surface area contributed by atoms with Gasteiger partial charge in [0.25, 0.3) is 0 Å². The van der Waals surface area contributed by atoms with Crippen LogP contribution < -0.4 is 10.1 Å². The molecule has 1 aliphatic heterocycles. The fourth-order valence-corrected chi connectivity index (χ4v) is 4.83. The van der Waals surface area contributed by atoms with Gasteiger partial charge < -0.3 is 19.3 Å². The minimum atomic E-state index is -3.20. The number of hydrogen-bond acceptors (Lipinski definition) is 8. The highest BCUT2D eigenvalue weighted by molar-refractivity contribution is 7.91. The second-order valence-corrected chi connectivity index (χ2v) is 8.39. The topological polar surface area (TPSA) is 121 Å². The zero-order valence-corrected chi connectivity index (χ0v) is 15.9. The Balaban J connectivity index is 1.58. The van der Waals surface area contributed by atoms with Crippen molar-refractivity contribution >= 4 is 15.7 Å². The summed E-state index contributed by atoms with van der Waals surface area (Å²) in [6.45, 7) is 0. The molecule has 2 heterocycles. The monoisotopic (exact) mass is 395 g/mol. The number of carbonyl (C=O) groups excluding carboxylic acids is 1. The Morgan fingerprint density at radius 2 is 2.07 bits per heavy atom. The summed E-state index contributed by atoms with van der Waals surface area (Å²) in [5.41, 5.74) is 0.693. The van der Waals surface area contributed by atoms with Crippen LogP contribution in [0.1, 0.15) is 12.3 Å². The number of benzene rings is 1. The van der Waals surface area contributed by atoms with E-state index in [0.29, 0.717) is 23.0 Å². The molecule has 1 amide bonds. The average molecular weight is 395 g/mol. The SMILES string of the molecule is COc1ccccc1-c1noc(CCC(=O)N[C@@H]2CS(=O)(=O)C[C@H]2OC)n1. The molecule has 27 heavy (non-hydrogen) atoms. The molecule has 0 bridgehead atoms. The fourth-order valence-electron chi connectivity index (χ4n) is 2.98. The van der Waals surface area contributed by atoms with Crippen molar-refractivity contribution in [3.63, 3.8) is 0 Å². The van der Waals surface area contributed by atoms with Crippen molar-refractivity contribution in [2.75, 3.05) is 25.7 Å². The average Bonchev–Trinajstić information content (AvgIpc) is 3.23. The molecule has 3 rings (SSSR count). The summed E-state index contributed by atoms with van der Waals surface area (Å²) >= 11 is 0. The maximum atomic E-state index is 12.2. The van der Waals surface area contributed by atoms with Crippen molar-refractivity contribution in [1.82, 2.24) is 15.5 Å². The molecule has 9 nitrogen and oxygen atoms in total. The van der Waals surface area contributed by atoms with E-state index in [0.717, 1.165) is 0 Å². The van der Waals surface area contributed by atoms with E-state index < -0.39 is 22.0 Å². The standard InChI is InChI=1S/C17H21N3O6S/c1-24-13-6-4-3-5-11(13)17-19-16(26-20-17)8-7-15(21)18-12-9-27(22,23)10-14(12)25-2/h3-6,12,14H,7-10H2,1-2H3,(H,18,21)/t12-,14-/m1/s1. The van der Waals surface area contributed by atoms with Gasteiger partial charge in [0, 0.05) is 20.0 Å². The van der Waals surface area contributed by atoms with Crippen molar-refractivity contribution in [3.8, 4) is 17.1 Å². The Hall–Kier alpha value is -2.46. The molecule has 2 atom stereocenters. The normalized spacial score (nSPS) is 21.1. The van der Waals surface area contributed by atoms with Gasteiger partial charge in [0.15, 0.2) is 9.84 Å². The van der Waals surface area contributed by atoms with Gasteiger partial charge in [0.2, 0.25) is 17.6 Å². The molecule has 0 aliphatic carbocycles. The lowest BCUT2D eigenvalue weighted by Crippen LogP contribution is -2.43. The Morgan fingerprint density at radius 3 is 2.81 bits per heavy atom. The van der Waals surface area contributed by atoms with Crippen LogP contribution in [0.2, 0.25) is 0 Å². The number of para-hydroxylation sites is 1. The number of carbonyl (C=O) groups is 1. The largest absolute Gasteiger partial charge is 0.496 e. The molecule has 0 radical (unpaired) electrons. The van der Waals surface area contributed by atoms with Gasteiger partial charge in [-0.15, -0.1) is 0 Å². The lowest BCUT2D eigenvalue weighted by atomic mass is 10.2. The van der Waals surface area contributed by atoms with Gasteiger partial charge in [0.1, 0.15) is 5.75 Å². The highest BCUT2D eigenvalue weighted by Gasteiger charge is 2.38. The molecule has 0 spiro atoms. The van der Waals surface area contributed by atoms with Crippen molar-refractivity contribution in [2.24, 2.45) is 0 Å². The van der Waals surface area contributed by atoms with E-state index in [2.05, 4.69) is 15.5 Å². The Labute approximate surface area is 157 Å². The summed E-state index contributed by atoms with van der Waals surface area (Å²) < 4.78 is 39.0. The first kappa shape index (κ1) is 19.3. The van der Waals surface area contributed by atoms with E-state index in [9.17, 15) is 13.2 Å². The van der Waals surface area contributed by atoms with Crippen LogP contribution in [0.15, 0.2) is 28.8 Å². The fraction of sp³-hybridized carbons (Fsp3) is 0.471. The maximum Gasteiger partial charge on any atom is 0.227 e. The summed E-state index contributed by atoms with van der Waals surface area (Å²) in [6, 6.07) is 6.74. The van der Waals surface area contributed by atoms with E-state index in [1.807, 2.05) is 18.2 Å². The van der Waals surface area contributed by atoms with Gasteiger partial charge in [-0.3, -0.25) is 4.79 Å². The molecule has 1 aromatic heterocycles. The van der Waals surface area contributed by atoms with Gasteiger partial charge in [0.05, 0.1) is 36.3 Å². The van der Waals surface area contributed by atoms with Gasteiger partial charge in [-0.2, -0.15) is 4.98 Å². The van der Waals surface area contributed by atoms with Crippen LogP contribution in [-0.2, 0) is 25.8 Å². The molecule has 0 unspecified atom stereocenters. The smallest absolute Gasteiger partial charge is 0.227 e. The summed E-state index contributed by atoms with van der Waals surface area (Å²) in [5.74, 6) is 0.820. The molecule has 1 fully saturated rings. The third-order valence-electron chi connectivity index (χ3n) is 4.33. The highest BCUT2D eigenvalue weighted by Crippen LogP contribution is 2.27. The minimum Gasteiger partial charge on any atom is -0.496 e. The number of methoxy groups -OCH3 is 2. The number of aryl methyl sites for hydroxylation is 1. The first-order valence-electron chi connectivity index (χ1n) is 8.40. The van der Waals surface area contributed by atoms with Crippen LogP contribution >= 0.6 is 0 Å². The zero-order chi connectivity index (χ0) is 19.4. The number of sulfone groups is 1. The van der Waals surface area contributed by atoms with E-state index in [1.54, 1.807) is 13.2 Å². The minimum absolute atomic E-state index is 0.0830. The molecule has 1 aliphatic rings. The van der Waals surface area contributed by atoms with Crippen LogP contribution in [0.5, 0.6) is 5.75 Å². The molecule has 1 N–H and O–H groups in total. The number of aromatic nitrogens is 2. The predicted molar refractivity (Wildman–Crippen MR) is 96.0 cm³/mol. The zero-order valence-electron chi connectivity index (χ0n) is 15.0. The molecule has 1 aromatic carbocycles.